The number of carbonyl (C=O) groups is 6. The molecule has 0 radical (unpaired) electrons. The SMILES string of the molecule is CC(C(Cc1ccc(C(=O)Nc2ccccc2)o1)c1ccc2c(c1)OCO2)N(CC(=O)Nc1ccccc1)C(=O)C(=O)C(CC(=O)O)C(=O)OC(C)(C)C. The molecule has 0 bridgehead atoms. The zero-order valence-electron chi connectivity index (χ0n) is 30.2. The zero-order valence-corrected chi connectivity index (χ0v) is 30.2. The van der Waals surface area contributed by atoms with E-state index in [1.807, 2.05) is 6.07 Å². The molecule has 3 unspecified atom stereocenters. The molecule has 1 aliphatic rings. The molecule has 2 heterocycles. The summed E-state index contributed by atoms with van der Waals surface area (Å²) in [5, 5.41) is 15.1. The number of carboxylic acids is 1. The van der Waals surface area contributed by atoms with E-state index in [1.165, 1.54) is 6.07 Å². The van der Waals surface area contributed by atoms with E-state index < -0.39 is 71.9 Å². The van der Waals surface area contributed by atoms with Crippen LogP contribution in [0.15, 0.2) is 95.4 Å². The van der Waals surface area contributed by atoms with Crippen LogP contribution in [0.4, 0.5) is 11.4 Å². The van der Waals surface area contributed by atoms with E-state index in [-0.39, 0.29) is 19.0 Å². The lowest BCUT2D eigenvalue weighted by atomic mass is 9.86. The highest BCUT2D eigenvalue weighted by molar-refractivity contribution is 6.40. The van der Waals surface area contributed by atoms with Gasteiger partial charge in [0.1, 0.15) is 23.8 Å². The normalized spacial score (nSPS) is 13.6. The Labute approximate surface area is 311 Å². The van der Waals surface area contributed by atoms with Crippen LogP contribution in [-0.2, 0) is 35.1 Å². The highest BCUT2D eigenvalue weighted by Gasteiger charge is 2.42. The lowest BCUT2D eigenvalue weighted by molar-refractivity contribution is -0.168. The Morgan fingerprint density at radius 2 is 1.46 bits per heavy atom. The van der Waals surface area contributed by atoms with E-state index in [4.69, 9.17) is 18.6 Å². The topological polar surface area (TPSA) is 191 Å². The number of esters is 1. The first-order chi connectivity index (χ1) is 25.7. The molecule has 0 spiro atoms. The fraction of sp³-hybridized carbons (Fsp3) is 0.300. The van der Waals surface area contributed by atoms with Crippen molar-refractivity contribution in [3.8, 4) is 11.5 Å². The van der Waals surface area contributed by atoms with Gasteiger partial charge in [0.15, 0.2) is 17.3 Å². The summed E-state index contributed by atoms with van der Waals surface area (Å²) < 4.78 is 22.4. The number of hydrogen-bond acceptors (Lipinski definition) is 10. The van der Waals surface area contributed by atoms with Crippen LogP contribution < -0.4 is 20.1 Å². The molecule has 14 nitrogen and oxygen atoms in total. The number of nitrogens with one attached hydrogen (secondary N) is 2. The number of para-hydroxylation sites is 2. The van der Waals surface area contributed by atoms with Gasteiger partial charge in [-0.2, -0.15) is 0 Å². The van der Waals surface area contributed by atoms with Crippen molar-refractivity contribution in [2.24, 2.45) is 5.92 Å². The van der Waals surface area contributed by atoms with E-state index >= 15 is 0 Å². The Hall–Kier alpha value is -6.44. The largest absolute Gasteiger partial charge is 0.481 e. The second-order valence-electron chi connectivity index (χ2n) is 13.6. The number of amides is 3. The molecule has 0 fully saturated rings. The highest BCUT2D eigenvalue weighted by Crippen LogP contribution is 2.38. The monoisotopic (exact) mass is 739 g/mol. The molecule has 3 atom stereocenters. The van der Waals surface area contributed by atoms with Crippen molar-refractivity contribution in [1.29, 1.82) is 0 Å². The fourth-order valence-corrected chi connectivity index (χ4v) is 5.87. The van der Waals surface area contributed by atoms with Crippen LogP contribution in [0.5, 0.6) is 11.5 Å². The number of furan rings is 1. The van der Waals surface area contributed by atoms with E-state index in [9.17, 15) is 33.9 Å². The molecule has 282 valence electrons. The minimum Gasteiger partial charge on any atom is -0.481 e. The molecular weight excluding hydrogens is 698 g/mol. The number of hydrogen-bond donors (Lipinski definition) is 3. The molecule has 1 aromatic heterocycles. The summed E-state index contributed by atoms with van der Waals surface area (Å²) in [4.78, 5) is 80.7. The summed E-state index contributed by atoms with van der Waals surface area (Å²) in [5.74, 6) is -7.91. The molecule has 3 N–H and O–H groups in total. The summed E-state index contributed by atoms with van der Waals surface area (Å²) in [6, 6.07) is 24.5. The highest BCUT2D eigenvalue weighted by atomic mass is 16.7. The number of Topliss-reactive ketones (excluding diaryl/α,β-unsaturated/α-hetero) is 1. The van der Waals surface area contributed by atoms with Gasteiger partial charge in [-0.3, -0.25) is 28.8 Å². The van der Waals surface area contributed by atoms with Crippen LogP contribution in [-0.4, -0.2) is 70.4 Å². The molecule has 1 aliphatic heterocycles. The molecule has 0 saturated heterocycles. The minimum atomic E-state index is -1.99. The Morgan fingerprint density at radius 3 is 2.09 bits per heavy atom. The van der Waals surface area contributed by atoms with Crippen molar-refractivity contribution in [2.75, 3.05) is 24.0 Å². The van der Waals surface area contributed by atoms with Gasteiger partial charge in [0.2, 0.25) is 18.5 Å². The van der Waals surface area contributed by atoms with Crippen LogP contribution >= 0.6 is 0 Å². The van der Waals surface area contributed by atoms with Crippen molar-refractivity contribution < 1.29 is 52.5 Å². The predicted molar refractivity (Wildman–Crippen MR) is 195 cm³/mol. The molecule has 3 aromatic carbocycles. The van der Waals surface area contributed by atoms with Crippen molar-refractivity contribution in [3.63, 3.8) is 0 Å². The van der Waals surface area contributed by atoms with Crippen molar-refractivity contribution >= 4 is 46.8 Å². The number of anilines is 2. The van der Waals surface area contributed by atoms with E-state index in [2.05, 4.69) is 10.6 Å². The van der Waals surface area contributed by atoms with Gasteiger partial charge in [-0.15, -0.1) is 0 Å². The number of ether oxygens (including phenoxy) is 3. The van der Waals surface area contributed by atoms with Crippen LogP contribution in [0.2, 0.25) is 0 Å². The first-order valence-corrected chi connectivity index (χ1v) is 17.2. The second-order valence-corrected chi connectivity index (χ2v) is 13.6. The van der Waals surface area contributed by atoms with Gasteiger partial charge in [0.25, 0.3) is 11.8 Å². The van der Waals surface area contributed by atoms with E-state index in [0.717, 1.165) is 4.90 Å². The molecule has 0 saturated carbocycles. The molecule has 5 rings (SSSR count). The standard InChI is InChI=1S/C40H41N3O11/c1-24(43(22-34(44)41-26-11-7-5-8-12-26)38(49)36(47)30(21-35(45)46)39(50)54-40(2,3)4)29(25-15-17-31-33(19-25)52-23-51-31)20-28-16-18-32(53-28)37(48)42-27-13-9-6-10-14-27/h5-19,24,29-30H,20-23H2,1-4H3,(H,41,44)(H,42,48)(H,45,46). The van der Waals surface area contributed by atoms with Gasteiger partial charge in [-0.05, 0) is 81.8 Å². The third-order valence-electron chi connectivity index (χ3n) is 8.47. The van der Waals surface area contributed by atoms with Gasteiger partial charge < -0.3 is 39.3 Å². The Balaban J connectivity index is 1.51. The van der Waals surface area contributed by atoms with Crippen LogP contribution in [0.3, 0.4) is 0 Å². The lowest BCUT2D eigenvalue weighted by Crippen LogP contribution is -2.51. The molecule has 3 amide bonds. The van der Waals surface area contributed by atoms with E-state index in [0.29, 0.717) is 34.2 Å². The van der Waals surface area contributed by atoms with Gasteiger partial charge in [-0.25, -0.2) is 0 Å². The number of carbonyl (C=O) groups excluding carboxylic acids is 5. The number of benzene rings is 3. The summed E-state index contributed by atoms with van der Waals surface area (Å²) in [6.45, 7) is 5.57. The van der Waals surface area contributed by atoms with Crippen molar-refractivity contribution in [1.82, 2.24) is 4.90 Å². The first-order valence-electron chi connectivity index (χ1n) is 17.2. The summed E-state index contributed by atoms with van der Waals surface area (Å²) in [5.41, 5.74) is 0.494. The van der Waals surface area contributed by atoms with E-state index in [1.54, 1.807) is 107 Å². The maximum atomic E-state index is 14.3. The second kappa shape index (κ2) is 16.9. The fourth-order valence-electron chi connectivity index (χ4n) is 5.87. The predicted octanol–water partition coefficient (Wildman–Crippen LogP) is 5.44. The maximum absolute atomic E-state index is 14.3. The smallest absolute Gasteiger partial charge is 0.318 e. The number of aliphatic carboxylic acids is 1. The number of fused-ring (bicyclic) bond motifs is 1. The van der Waals surface area contributed by atoms with Crippen molar-refractivity contribution in [2.45, 2.75) is 58.1 Å². The summed E-state index contributed by atoms with van der Waals surface area (Å²) in [7, 11) is 0. The molecule has 14 heteroatoms. The number of nitrogens with zero attached hydrogens (tertiary/aromatic N) is 1. The average molecular weight is 740 g/mol. The van der Waals surface area contributed by atoms with Gasteiger partial charge in [-0.1, -0.05) is 42.5 Å². The quantitative estimate of drug-likeness (QED) is 0.0799. The minimum absolute atomic E-state index is 0.00845. The number of rotatable bonds is 15. The average Bonchev–Trinajstić information content (AvgIpc) is 3.81. The Bertz CT molecular complexity index is 2000. The molecule has 54 heavy (non-hydrogen) atoms. The maximum Gasteiger partial charge on any atom is 0.318 e. The van der Waals surface area contributed by atoms with Crippen molar-refractivity contribution in [3.05, 3.63) is 108 Å². The molecular formula is C40H41N3O11. The molecule has 4 aromatic rings. The zero-order chi connectivity index (χ0) is 39.0. The van der Waals surface area contributed by atoms with Crippen LogP contribution in [0.1, 0.15) is 61.9 Å². The van der Waals surface area contributed by atoms with Gasteiger partial charge >= 0.3 is 11.9 Å². The number of carboxylic acid groups (broad SMARTS) is 1. The molecule has 0 aliphatic carbocycles. The van der Waals surface area contributed by atoms with Crippen LogP contribution in [0.25, 0.3) is 0 Å². The summed E-state index contributed by atoms with van der Waals surface area (Å²) in [6.07, 6.45) is -0.952. The van der Waals surface area contributed by atoms with Gasteiger partial charge in [0.05, 0.1) is 6.42 Å². The Morgan fingerprint density at radius 1 is 0.833 bits per heavy atom. The first kappa shape index (κ1) is 38.8. The number of ketones is 1. The van der Waals surface area contributed by atoms with Gasteiger partial charge in [0, 0.05) is 29.8 Å². The third-order valence-corrected chi connectivity index (χ3v) is 8.47. The summed E-state index contributed by atoms with van der Waals surface area (Å²) >= 11 is 0. The third kappa shape index (κ3) is 10.1. The Kier molecular flexibility index (Phi) is 12.2. The lowest BCUT2D eigenvalue weighted by Gasteiger charge is -2.35. The van der Waals surface area contributed by atoms with Crippen LogP contribution in [0, 0.1) is 5.92 Å².